The molecule has 10 heavy (non-hydrogen) atoms. The summed E-state index contributed by atoms with van der Waals surface area (Å²) in [6.45, 7) is 4.60. The van der Waals surface area contributed by atoms with E-state index in [1.807, 2.05) is 0 Å². The topological polar surface area (TPSA) is 6.48 Å². The van der Waals surface area contributed by atoms with Crippen LogP contribution in [0.15, 0.2) is 0 Å². The van der Waals surface area contributed by atoms with Gasteiger partial charge in [-0.15, -0.1) is 0 Å². The summed E-state index contributed by atoms with van der Waals surface area (Å²) < 4.78 is 4.76. The third-order valence-corrected chi connectivity index (χ3v) is 4.96. The maximum Gasteiger partial charge on any atom is 0.191 e. The molecule has 0 unspecified atom stereocenters. The van der Waals surface area contributed by atoms with Gasteiger partial charge in [-0.3, -0.25) is 0 Å². The average molecular weight is 160 g/mol. The van der Waals surface area contributed by atoms with E-state index in [0.717, 1.165) is 5.54 Å². The highest BCUT2D eigenvalue weighted by atomic mass is 28.3. The third kappa shape index (κ3) is 2.81. The second-order valence-corrected chi connectivity index (χ2v) is 7.81. The van der Waals surface area contributed by atoms with Crippen molar-refractivity contribution in [2.75, 3.05) is 28.2 Å². The van der Waals surface area contributed by atoms with Gasteiger partial charge in [-0.05, 0) is 33.7 Å². The Labute approximate surface area is 66.6 Å². The first-order valence-corrected chi connectivity index (χ1v) is 5.49. The van der Waals surface area contributed by atoms with E-state index in [-0.39, 0.29) is 0 Å². The Morgan fingerprint density at radius 1 is 0.900 bits per heavy atom. The molecule has 0 saturated carbocycles. The molecule has 0 aromatic heterocycles. The van der Waals surface area contributed by atoms with E-state index in [1.165, 1.54) is 0 Å². The van der Waals surface area contributed by atoms with Crippen molar-refractivity contribution in [3.05, 3.63) is 0 Å². The molecule has 0 aliphatic rings. The van der Waals surface area contributed by atoms with Crippen LogP contribution >= 0.6 is 0 Å². The Morgan fingerprint density at radius 3 is 1.20 bits per heavy atom. The SMILES string of the molecule is CC(C)[SiH](N(C)C)N(C)C. The van der Waals surface area contributed by atoms with E-state index in [1.54, 1.807) is 0 Å². The van der Waals surface area contributed by atoms with Crippen molar-refractivity contribution in [1.29, 1.82) is 0 Å². The summed E-state index contributed by atoms with van der Waals surface area (Å²) in [5.74, 6) is 0. The van der Waals surface area contributed by atoms with Crippen LogP contribution in [0.25, 0.3) is 0 Å². The molecule has 0 aromatic carbocycles. The van der Waals surface area contributed by atoms with Crippen molar-refractivity contribution in [2.45, 2.75) is 19.4 Å². The Hall–Kier alpha value is 0.137. The lowest BCUT2D eigenvalue weighted by molar-refractivity contribution is 0.500. The monoisotopic (exact) mass is 160 g/mol. The first kappa shape index (κ1) is 10.1. The van der Waals surface area contributed by atoms with Gasteiger partial charge in [0.1, 0.15) is 0 Å². The van der Waals surface area contributed by atoms with Crippen LogP contribution in [0.5, 0.6) is 0 Å². The van der Waals surface area contributed by atoms with Gasteiger partial charge in [0.2, 0.25) is 0 Å². The van der Waals surface area contributed by atoms with Gasteiger partial charge in [0.05, 0.1) is 0 Å². The summed E-state index contributed by atoms with van der Waals surface area (Å²) in [7, 11) is 7.92. The van der Waals surface area contributed by atoms with Crippen LogP contribution in [0, 0.1) is 0 Å². The molecule has 0 radical (unpaired) electrons. The summed E-state index contributed by atoms with van der Waals surface area (Å²) >= 11 is 0. The van der Waals surface area contributed by atoms with Crippen LogP contribution < -0.4 is 0 Å². The summed E-state index contributed by atoms with van der Waals surface area (Å²) in [6, 6.07) is 0. The highest BCUT2D eigenvalue weighted by Gasteiger charge is 2.19. The molecule has 0 rings (SSSR count). The zero-order chi connectivity index (χ0) is 8.31. The van der Waals surface area contributed by atoms with Gasteiger partial charge < -0.3 is 9.13 Å². The molecule has 0 aliphatic heterocycles. The predicted octanol–water partition coefficient (Wildman–Crippen LogP) is 0.740. The predicted molar refractivity (Wildman–Crippen MR) is 49.6 cm³/mol. The van der Waals surface area contributed by atoms with Crippen molar-refractivity contribution in [2.24, 2.45) is 0 Å². The molecule has 3 heteroatoms. The number of hydrogen-bond acceptors (Lipinski definition) is 2. The zero-order valence-corrected chi connectivity index (χ0v) is 9.20. The molecule has 0 aliphatic carbocycles. The second kappa shape index (κ2) is 4.11. The van der Waals surface area contributed by atoms with Gasteiger partial charge in [-0.2, -0.15) is 0 Å². The minimum Gasteiger partial charge on any atom is -0.319 e. The summed E-state index contributed by atoms with van der Waals surface area (Å²) in [6.07, 6.45) is 0. The first-order chi connectivity index (χ1) is 4.46. The molecule has 0 bridgehead atoms. The Kier molecular flexibility index (Phi) is 4.16. The lowest BCUT2D eigenvalue weighted by Gasteiger charge is -2.31. The van der Waals surface area contributed by atoms with Gasteiger partial charge in [-0.25, -0.2) is 0 Å². The highest BCUT2D eigenvalue weighted by molar-refractivity contribution is 6.53. The third-order valence-electron chi connectivity index (χ3n) is 1.65. The molecular weight excluding hydrogens is 140 g/mol. The first-order valence-electron chi connectivity index (χ1n) is 3.79. The maximum absolute atomic E-state index is 2.38. The molecule has 0 aromatic rings. The van der Waals surface area contributed by atoms with Gasteiger partial charge in [0.15, 0.2) is 9.12 Å². The molecule has 0 atom stereocenters. The average Bonchev–Trinajstić information content (AvgIpc) is 1.59. The normalized spacial score (nSPS) is 12.6. The Morgan fingerprint density at radius 2 is 1.20 bits per heavy atom. The van der Waals surface area contributed by atoms with Crippen molar-refractivity contribution in [3.8, 4) is 0 Å². The van der Waals surface area contributed by atoms with Crippen LogP contribution in [-0.4, -0.2) is 46.4 Å². The van der Waals surface area contributed by atoms with Gasteiger partial charge in [0, 0.05) is 0 Å². The van der Waals surface area contributed by atoms with Crippen molar-refractivity contribution < 1.29 is 0 Å². The van der Waals surface area contributed by atoms with Gasteiger partial charge >= 0.3 is 0 Å². The number of rotatable bonds is 3. The second-order valence-electron chi connectivity index (χ2n) is 3.58. The molecule has 0 saturated heterocycles. The fourth-order valence-corrected chi connectivity index (χ4v) is 4.96. The van der Waals surface area contributed by atoms with Gasteiger partial charge in [-0.1, -0.05) is 13.8 Å². The highest BCUT2D eigenvalue weighted by Crippen LogP contribution is 2.10. The molecule has 0 amide bonds. The van der Waals surface area contributed by atoms with Crippen LogP contribution in [0.2, 0.25) is 5.54 Å². The smallest absolute Gasteiger partial charge is 0.191 e. The minimum atomic E-state index is -0.787. The summed E-state index contributed by atoms with van der Waals surface area (Å²) in [5.41, 5.74) is 0.824. The zero-order valence-electron chi connectivity index (χ0n) is 8.05. The molecule has 62 valence electrons. The van der Waals surface area contributed by atoms with Crippen LogP contribution in [0.3, 0.4) is 0 Å². The Balaban J connectivity index is 3.98. The Bertz CT molecular complexity index is 72.6. The molecule has 2 nitrogen and oxygen atoms in total. The van der Waals surface area contributed by atoms with E-state index in [9.17, 15) is 0 Å². The lowest BCUT2D eigenvalue weighted by atomic mass is 10.6. The van der Waals surface area contributed by atoms with Crippen LogP contribution in [0.4, 0.5) is 0 Å². The lowest BCUT2D eigenvalue weighted by Crippen LogP contribution is -2.47. The van der Waals surface area contributed by atoms with Crippen LogP contribution in [-0.2, 0) is 0 Å². The largest absolute Gasteiger partial charge is 0.319 e. The molecule has 0 N–H and O–H groups in total. The van der Waals surface area contributed by atoms with E-state index in [4.69, 9.17) is 0 Å². The van der Waals surface area contributed by atoms with Gasteiger partial charge in [0.25, 0.3) is 0 Å². The van der Waals surface area contributed by atoms with E-state index in [0.29, 0.717) is 0 Å². The van der Waals surface area contributed by atoms with E-state index < -0.39 is 9.12 Å². The summed E-state index contributed by atoms with van der Waals surface area (Å²) in [5, 5.41) is 0. The van der Waals surface area contributed by atoms with Crippen molar-refractivity contribution in [3.63, 3.8) is 0 Å². The van der Waals surface area contributed by atoms with E-state index in [2.05, 4.69) is 51.2 Å². The number of hydrogen-bond donors (Lipinski definition) is 0. The molecule has 0 heterocycles. The standard InChI is InChI=1S/C7H20N2Si/c1-7(2)10(8(3)4)9(5)6/h7,10H,1-6H3. The molecular formula is C7H20N2Si. The fraction of sp³-hybridized carbons (Fsp3) is 1.00. The quantitative estimate of drug-likeness (QED) is 0.562. The van der Waals surface area contributed by atoms with E-state index >= 15 is 0 Å². The van der Waals surface area contributed by atoms with Crippen molar-refractivity contribution in [1.82, 2.24) is 9.13 Å². The number of nitrogens with zero attached hydrogens (tertiary/aromatic N) is 2. The van der Waals surface area contributed by atoms with Crippen molar-refractivity contribution >= 4 is 9.12 Å². The summed E-state index contributed by atoms with van der Waals surface area (Å²) in [4.78, 5) is 0. The minimum absolute atomic E-state index is 0.787. The van der Waals surface area contributed by atoms with Crippen LogP contribution in [0.1, 0.15) is 13.8 Å². The molecule has 0 spiro atoms. The fourth-order valence-electron chi connectivity index (χ4n) is 1.65. The maximum atomic E-state index is 2.38. The molecule has 0 fully saturated rings.